The zero-order chi connectivity index (χ0) is 30.6. The van der Waals surface area contributed by atoms with Gasteiger partial charge in [0.05, 0.1) is 17.6 Å². The van der Waals surface area contributed by atoms with E-state index < -0.39 is 23.0 Å². The molecule has 8 nitrogen and oxygen atoms in total. The SMILES string of the molecule is CN(C)C(=O)[C@@H](NC(=S)N[C@@H]1CCCC[C@H]1N=Cc1cc(C(=O)OC(C)(C)C)cc(C(C)(C)C)c1O)C(C)(C)C. The molecule has 1 aromatic carbocycles. The van der Waals surface area contributed by atoms with Crippen LogP contribution in [0.3, 0.4) is 0 Å². The van der Waals surface area contributed by atoms with Gasteiger partial charge in [0.2, 0.25) is 5.91 Å². The normalized spacial score (nSPS) is 19.2. The quantitative estimate of drug-likeness (QED) is 0.239. The summed E-state index contributed by atoms with van der Waals surface area (Å²) in [5, 5.41) is 18.2. The number of phenolic OH excluding ortho intramolecular Hbond substituents is 1. The van der Waals surface area contributed by atoms with Crippen LogP contribution in [0.15, 0.2) is 17.1 Å². The standard InChI is InChI=1S/C31H50N4O4S/c1-29(2,3)21-17-19(27(38)39-31(7,8)9)16-20(24(21)36)18-32-22-14-12-13-15-23(22)33-28(40)34-25(30(4,5)6)26(37)35(10)11/h16-18,22-23,25,36H,12-15H2,1-11H3,(H2,33,34,40)/t22-,23-,25-/m1/s1. The molecule has 224 valence electrons. The Morgan fingerprint density at radius 3 is 2.20 bits per heavy atom. The van der Waals surface area contributed by atoms with E-state index >= 15 is 0 Å². The van der Waals surface area contributed by atoms with Gasteiger partial charge in [0, 0.05) is 31.4 Å². The Balaban J connectivity index is 2.33. The number of esters is 1. The van der Waals surface area contributed by atoms with Crippen molar-refractivity contribution in [2.75, 3.05) is 14.1 Å². The smallest absolute Gasteiger partial charge is 0.338 e. The van der Waals surface area contributed by atoms with Crippen molar-refractivity contribution in [1.82, 2.24) is 15.5 Å². The first-order valence-corrected chi connectivity index (χ1v) is 14.5. The molecule has 3 atom stereocenters. The number of hydrogen-bond acceptors (Lipinski definition) is 6. The highest BCUT2D eigenvalue weighted by Gasteiger charge is 2.34. The van der Waals surface area contributed by atoms with Crippen molar-refractivity contribution in [3.8, 4) is 5.75 Å². The van der Waals surface area contributed by atoms with Gasteiger partial charge in [-0.25, -0.2) is 4.79 Å². The van der Waals surface area contributed by atoms with E-state index in [1.807, 2.05) is 62.3 Å². The van der Waals surface area contributed by atoms with E-state index in [4.69, 9.17) is 21.9 Å². The third-order valence-corrected chi connectivity index (χ3v) is 7.10. The fourth-order valence-corrected chi connectivity index (χ4v) is 4.93. The molecule has 9 heteroatoms. The highest BCUT2D eigenvalue weighted by Crippen LogP contribution is 2.35. The van der Waals surface area contributed by atoms with E-state index in [1.165, 1.54) is 0 Å². The van der Waals surface area contributed by atoms with E-state index in [0.29, 0.717) is 21.8 Å². The predicted molar refractivity (Wildman–Crippen MR) is 166 cm³/mol. The molecule has 0 radical (unpaired) electrons. The second-order valence-electron chi connectivity index (χ2n) is 14.1. The van der Waals surface area contributed by atoms with E-state index in [-0.39, 0.29) is 29.2 Å². The second-order valence-corrected chi connectivity index (χ2v) is 14.5. The van der Waals surface area contributed by atoms with Crippen LogP contribution < -0.4 is 10.6 Å². The molecule has 40 heavy (non-hydrogen) atoms. The predicted octanol–water partition coefficient (Wildman–Crippen LogP) is 5.34. The number of carbonyl (C=O) groups excluding carboxylic acids is 2. The number of rotatable bonds is 6. The minimum absolute atomic E-state index is 0.0293. The Hall–Kier alpha value is -2.68. The van der Waals surface area contributed by atoms with Gasteiger partial charge in [-0.05, 0) is 68.8 Å². The van der Waals surface area contributed by atoms with Crippen LogP contribution in [0.4, 0.5) is 0 Å². The molecular formula is C31H50N4O4S. The fourth-order valence-electron chi connectivity index (χ4n) is 4.66. The molecule has 1 aromatic rings. The third-order valence-electron chi connectivity index (χ3n) is 6.86. The lowest BCUT2D eigenvalue weighted by molar-refractivity contribution is -0.133. The molecule has 1 saturated carbocycles. The summed E-state index contributed by atoms with van der Waals surface area (Å²) < 4.78 is 5.61. The zero-order valence-electron chi connectivity index (χ0n) is 26.3. The number of thiocarbonyl (C=S) groups is 1. The first kappa shape index (κ1) is 33.5. The van der Waals surface area contributed by atoms with Crippen LogP contribution in [-0.4, -0.2) is 71.0 Å². The monoisotopic (exact) mass is 574 g/mol. The van der Waals surface area contributed by atoms with Gasteiger partial charge in [-0.15, -0.1) is 0 Å². The average molecular weight is 575 g/mol. The fraction of sp³-hybridized carbons (Fsp3) is 0.677. The van der Waals surface area contributed by atoms with Gasteiger partial charge in [-0.3, -0.25) is 9.79 Å². The largest absolute Gasteiger partial charge is 0.507 e. The Morgan fingerprint density at radius 1 is 1.07 bits per heavy atom. The minimum atomic E-state index is -0.637. The molecule has 1 amide bonds. The molecule has 0 spiro atoms. The van der Waals surface area contributed by atoms with E-state index in [1.54, 1.807) is 37.3 Å². The number of nitrogens with one attached hydrogen (secondary N) is 2. The number of hydrogen-bond donors (Lipinski definition) is 3. The topological polar surface area (TPSA) is 103 Å². The van der Waals surface area contributed by atoms with Gasteiger partial charge < -0.3 is 25.4 Å². The number of phenols is 1. The second kappa shape index (κ2) is 12.9. The van der Waals surface area contributed by atoms with Crippen LogP contribution in [0.1, 0.15) is 109 Å². The minimum Gasteiger partial charge on any atom is -0.507 e. The van der Waals surface area contributed by atoms with Crippen molar-refractivity contribution in [3.05, 3.63) is 28.8 Å². The number of nitrogens with zero attached hydrogens (tertiary/aromatic N) is 2. The van der Waals surface area contributed by atoms with Crippen molar-refractivity contribution in [2.45, 2.75) is 117 Å². The summed E-state index contributed by atoms with van der Waals surface area (Å²) >= 11 is 5.65. The maximum atomic E-state index is 12.9. The molecule has 0 aliphatic heterocycles. The Labute approximate surface area is 246 Å². The maximum Gasteiger partial charge on any atom is 0.338 e. The summed E-state index contributed by atoms with van der Waals surface area (Å²) in [5.74, 6) is -0.372. The van der Waals surface area contributed by atoms with Gasteiger partial charge in [0.15, 0.2) is 5.11 Å². The van der Waals surface area contributed by atoms with Crippen LogP contribution in [0.25, 0.3) is 0 Å². The lowest BCUT2D eigenvalue weighted by Crippen LogP contribution is -2.57. The molecule has 3 N–H and O–H groups in total. The molecule has 0 aromatic heterocycles. The summed E-state index contributed by atoms with van der Waals surface area (Å²) in [5.41, 5.74) is 0.134. The molecule has 1 aliphatic carbocycles. The molecule has 1 aliphatic rings. The zero-order valence-corrected chi connectivity index (χ0v) is 27.1. The van der Waals surface area contributed by atoms with Gasteiger partial charge in [-0.1, -0.05) is 54.4 Å². The molecule has 0 saturated heterocycles. The number of aliphatic imine (C=N–C) groups is 1. The Morgan fingerprint density at radius 2 is 1.68 bits per heavy atom. The first-order valence-electron chi connectivity index (χ1n) is 14.1. The summed E-state index contributed by atoms with van der Waals surface area (Å²) in [7, 11) is 3.48. The third kappa shape index (κ3) is 9.46. The molecular weight excluding hydrogens is 524 g/mol. The lowest BCUT2D eigenvalue weighted by Gasteiger charge is -2.35. The highest BCUT2D eigenvalue weighted by atomic mass is 32.1. The number of carbonyl (C=O) groups is 2. The summed E-state index contributed by atoms with van der Waals surface area (Å²) in [6.07, 6.45) is 5.46. The summed E-state index contributed by atoms with van der Waals surface area (Å²) in [4.78, 5) is 32.2. The van der Waals surface area contributed by atoms with Gasteiger partial charge >= 0.3 is 5.97 Å². The lowest BCUT2D eigenvalue weighted by atomic mass is 9.84. The van der Waals surface area contributed by atoms with Gasteiger partial charge in [0.1, 0.15) is 17.4 Å². The van der Waals surface area contributed by atoms with Gasteiger partial charge in [0.25, 0.3) is 0 Å². The first-order chi connectivity index (χ1) is 18.2. The van der Waals surface area contributed by atoms with Crippen molar-refractivity contribution in [2.24, 2.45) is 10.4 Å². The van der Waals surface area contributed by atoms with Crippen LogP contribution in [0.2, 0.25) is 0 Å². The molecule has 0 heterocycles. The molecule has 0 bridgehead atoms. The number of aromatic hydroxyl groups is 1. The van der Waals surface area contributed by atoms with Crippen molar-refractivity contribution in [1.29, 1.82) is 0 Å². The summed E-state index contributed by atoms with van der Waals surface area (Å²) in [6, 6.07) is 2.75. The molecule has 1 fully saturated rings. The number of ether oxygens (including phenoxy) is 1. The van der Waals surface area contributed by atoms with Crippen LogP contribution in [-0.2, 0) is 14.9 Å². The van der Waals surface area contributed by atoms with E-state index in [2.05, 4.69) is 10.6 Å². The molecule has 0 unspecified atom stereocenters. The van der Waals surface area contributed by atoms with Gasteiger partial charge in [-0.2, -0.15) is 0 Å². The van der Waals surface area contributed by atoms with Crippen molar-refractivity contribution in [3.63, 3.8) is 0 Å². The highest BCUT2D eigenvalue weighted by molar-refractivity contribution is 7.80. The van der Waals surface area contributed by atoms with E-state index in [0.717, 1.165) is 25.7 Å². The number of likely N-dealkylation sites (N-methyl/N-ethyl adjacent to an activating group) is 1. The number of benzene rings is 1. The number of amides is 1. The summed E-state index contributed by atoms with van der Waals surface area (Å²) in [6.45, 7) is 17.5. The van der Waals surface area contributed by atoms with Crippen molar-refractivity contribution < 1.29 is 19.4 Å². The van der Waals surface area contributed by atoms with Crippen LogP contribution in [0.5, 0.6) is 5.75 Å². The van der Waals surface area contributed by atoms with E-state index in [9.17, 15) is 14.7 Å². The Kier molecular flexibility index (Phi) is 10.8. The average Bonchev–Trinajstić information content (AvgIpc) is 2.79. The van der Waals surface area contributed by atoms with Crippen LogP contribution >= 0.6 is 12.2 Å². The maximum absolute atomic E-state index is 12.9. The molecule has 2 rings (SSSR count). The Bertz CT molecular complexity index is 1110. The van der Waals surface area contributed by atoms with Crippen LogP contribution in [0, 0.1) is 5.41 Å². The van der Waals surface area contributed by atoms with Crippen molar-refractivity contribution >= 4 is 35.4 Å².